The quantitative estimate of drug-likeness (QED) is 0.223. The van der Waals surface area contributed by atoms with Crippen molar-refractivity contribution in [2.45, 2.75) is 19.9 Å². The molecule has 2 heterocycles. The highest BCUT2D eigenvalue weighted by atomic mass is 127. The maximum Gasteiger partial charge on any atom is 0.338 e. The molecule has 1 N–H and O–H groups in total. The number of phenols is 1. The SMILES string of the molecule is C=CCOc1ccc([C@H]2C(C(=O)OCC)=C(C)N=c3s/c(=C\c4cc(I)c(O)c(I)c4)c(=O)n32)cc1. The molecule has 0 spiro atoms. The zero-order valence-corrected chi connectivity index (χ0v) is 24.6. The first kappa shape index (κ1) is 26.6. The number of aromatic nitrogens is 1. The average molecular weight is 728 g/mol. The van der Waals surface area contributed by atoms with Gasteiger partial charge >= 0.3 is 5.97 Å². The molecule has 0 saturated carbocycles. The van der Waals surface area contributed by atoms with Crippen molar-refractivity contribution in [2.24, 2.45) is 4.99 Å². The molecule has 186 valence electrons. The third-order valence-electron chi connectivity index (χ3n) is 5.42. The van der Waals surface area contributed by atoms with Gasteiger partial charge in [0, 0.05) is 0 Å². The normalized spacial score (nSPS) is 15.3. The highest BCUT2D eigenvalue weighted by molar-refractivity contribution is 14.1. The lowest BCUT2D eigenvalue weighted by Crippen LogP contribution is -2.39. The number of benzene rings is 2. The number of esters is 1. The lowest BCUT2D eigenvalue weighted by atomic mass is 9.96. The first-order chi connectivity index (χ1) is 17.2. The van der Waals surface area contributed by atoms with E-state index in [4.69, 9.17) is 9.47 Å². The first-order valence-corrected chi connectivity index (χ1v) is 13.9. The molecule has 1 aliphatic heterocycles. The van der Waals surface area contributed by atoms with Gasteiger partial charge in [-0.05, 0) is 100 Å². The summed E-state index contributed by atoms with van der Waals surface area (Å²) in [6, 6.07) is 10.2. The second kappa shape index (κ2) is 11.3. The van der Waals surface area contributed by atoms with Crippen LogP contribution in [-0.4, -0.2) is 28.9 Å². The molecule has 0 saturated heterocycles. The lowest BCUT2D eigenvalue weighted by molar-refractivity contribution is -0.139. The van der Waals surface area contributed by atoms with Crippen molar-refractivity contribution in [1.29, 1.82) is 0 Å². The van der Waals surface area contributed by atoms with Crippen LogP contribution in [-0.2, 0) is 9.53 Å². The fourth-order valence-corrected chi connectivity index (χ4v) is 6.69. The number of thiazole rings is 1. The van der Waals surface area contributed by atoms with Crippen LogP contribution in [0.5, 0.6) is 11.5 Å². The first-order valence-electron chi connectivity index (χ1n) is 11.0. The van der Waals surface area contributed by atoms with E-state index in [1.165, 1.54) is 11.3 Å². The summed E-state index contributed by atoms with van der Waals surface area (Å²) in [5.74, 6) is 0.360. The number of aromatic hydroxyl groups is 1. The van der Waals surface area contributed by atoms with Crippen molar-refractivity contribution < 1.29 is 19.4 Å². The van der Waals surface area contributed by atoms with Crippen molar-refractivity contribution in [1.82, 2.24) is 4.57 Å². The number of ether oxygens (including phenoxy) is 2. The molecule has 3 aromatic rings. The molecule has 2 aromatic carbocycles. The van der Waals surface area contributed by atoms with Crippen LogP contribution in [0.15, 0.2) is 70.1 Å². The van der Waals surface area contributed by atoms with Crippen molar-refractivity contribution in [3.8, 4) is 11.5 Å². The summed E-state index contributed by atoms with van der Waals surface area (Å²) in [5.41, 5.74) is 2.09. The largest absolute Gasteiger partial charge is 0.506 e. The second-order valence-electron chi connectivity index (χ2n) is 7.80. The van der Waals surface area contributed by atoms with Gasteiger partial charge in [0.1, 0.15) is 18.1 Å². The van der Waals surface area contributed by atoms with Gasteiger partial charge in [0.05, 0.1) is 35.6 Å². The monoisotopic (exact) mass is 728 g/mol. The molecule has 0 fully saturated rings. The number of nitrogens with zero attached hydrogens (tertiary/aromatic N) is 2. The van der Waals surface area contributed by atoms with Crippen molar-refractivity contribution >= 4 is 68.6 Å². The van der Waals surface area contributed by atoms with Crippen LogP contribution in [0.3, 0.4) is 0 Å². The Morgan fingerprint density at radius 1 is 1.25 bits per heavy atom. The summed E-state index contributed by atoms with van der Waals surface area (Å²) in [5, 5.41) is 10.1. The van der Waals surface area contributed by atoms with Gasteiger partial charge in [-0.2, -0.15) is 0 Å². The van der Waals surface area contributed by atoms with E-state index < -0.39 is 12.0 Å². The Hall–Kier alpha value is -2.45. The van der Waals surface area contributed by atoms with E-state index in [-0.39, 0.29) is 17.9 Å². The van der Waals surface area contributed by atoms with E-state index in [1.807, 2.05) is 24.3 Å². The molecule has 1 atom stereocenters. The summed E-state index contributed by atoms with van der Waals surface area (Å²) in [7, 11) is 0. The summed E-state index contributed by atoms with van der Waals surface area (Å²) in [4.78, 5) is 31.8. The van der Waals surface area contributed by atoms with Crippen LogP contribution in [0.1, 0.15) is 31.0 Å². The Balaban J connectivity index is 1.90. The molecule has 0 bridgehead atoms. The maximum atomic E-state index is 13.7. The van der Waals surface area contributed by atoms with Gasteiger partial charge in [-0.3, -0.25) is 9.36 Å². The van der Waals surface area contributed by atoms with Crippen LogP contribution in [0.2, 0.25) is 0 Å². The fraction of sp³-hybridized carbons (Fsp3) is 0.192. The lowest BCUT2D eigenvalue weighted by Gasteiger charge is -2.24. The number of fused-ring (bicyclic) bond motifs is 1. The molecule has 0 aliphatic carbocycles. The molecule has 0 unspecified atom stereocenters. The van der Waals surface area contributed by atoms with Crippen LogP contribution in [0, 0.1) is 7.14 Å². The Bertz CT molecular complexity index is 1530. The van der Waals surface area contributed by atoms with Gasteiger partial charge in [0.25, 0.3) is 5.56 Å². The number of carbonyl (C=O) groups is 1. The van der Waals surface area contributed by atoms with Crippen molar-refractivity contribution in [3.63, 3.8) is 0 Å². The maximum absolute atomic E-state index is 13.7. The zero-order chi connectivity index (χ0) is 26.0. The molecular formula is C26H22I2N2O5S. The van der Waals surface area contributed by atoms with Gasteiger partial charge in [-0.1, -0.05) is 36.1 Å². The molecule has 0 radical (unpaired) electrons. The molecule has 10 heteroatoms. The number of allylic oxidation sites excluding steroid dienone is 1. The van der Waals surface area contributed by atoms with Gasteiger partial charge < -0.3 is 14.6 Å². The van der Waals surface area contributed by atoms with Crippen LogP contribution < -0.4 is 19.6 Å². The van der Waals surface area contributed by atoms with E-state index in [0.29, 0.717) is 40.1 Å². The Morgan fingerprint density at radius 2 is 1.92 bits per heavy atom. The van der Waals surface area contributed by atoms with Gasteiger partial charge in [0.15, 0.2) is 4.80 Å². The minimum absolute atomic E-state index is 0.208. The number of hydrogen-bond donors (Lipinski definition) is 1. The Kier molecular flexibility index (Phi) is 8.35. The van der Waals surface area contributed by atoms with Gasteiger partial charge in [-0.25, -0.2) is 9.79 Å². The Morgan fingerprint density at radius 3 is 2.53 bits per heavy atom. The minimum Gasteiger partial charge on any atom is -0.506 e. The smallest absolute Gasteiger partial charge is 0.338 e. The molecule has 0 amide bonds. The minimum atomic E-state index is -0.698. The molecule has 1 aromatic heterocycles. The number of hydrogen-bond acceptors (Lipinski definition) is 7. The standard InChI is InChI=1S/C26H22I2N2O5S/c1-4-10-35-17-8-6-16(7-9-17)22-21(25(33)34-5-2)14(3)29-26-30(22)24(32)20(36-26)13-15-11-18(27)23(31)19(28)12-15/h4,6-9,11-13,22,31H,1,5,10H2,2-3H3/b20-13-/t22-/m0/s1. The van der Waals surface area contributed by atoms with E-state index in [2.05, 4.69) is 56.8 Å². The molecular weight excluding hydrogens is 706 g/mol. The third kappa shape index (κ3) is 5.30. The van der Waals surface area contributed by atoms with E-state index in [0.717, 1.165) is 11.1 Å². The second-order valence-corrected chi connectivity index (χ2v) is 11.1. The summed E-state index contributed by atoms with van der Waals surface area (Å²) < 4.78 is 14.3. The van der Waals surface area contributed by atoms with E-state index in [9.17, 15) is 14.7 Å². The van der Waals surface area contributed by atoms with Gasteiger partial charge in [0.2, 0.25) is 0 Å². The van der Waals surface area contributed by atoms with Crippen LogP contribution in [0.4, 0.5) is 0 Å². The number of carbonyl (C=O) groups excluding carboxylic acids is 1. The summed E-state index contributed by atoms with van der Waals surface area (Å²) in [6.07, 6.45) is 3.44. The number of rotatable bonds is 7. The molecule has 7 nitrogen and oxygen atoms in total. The topological polar surface area (TPSA) is 90.1 Å². The van der Waals surface area contributed by atoms with Crippen LogP contribution in [0.25, 0.3) is 6.08 Å². The summed E-state index contributed by atoms with van der Waals surface area (Å²) >= 11 is 5.37. The van der Waals surface area contributed by atoms with E-state index >= 15 is 0 Å². The Labute approximate surface area is 238 Å². The highest BCUT2D eigenvalue weighted by Gasteiger charge is 2.33. The highest BCUT2D eigenvalue weighted by Crippen LogP contribution is 2.32. The number of halogens is 2. The number of phenolic OH excluding ortho intramolecular Hbond substituents is 1. The van der Waals surface area contributed by atoms with Gasteiger partial charge in [-0.15, -0.1) is 0 Å². The average Bonchev–Trinajstić information content (AvgIpc) is 3.15. The van der Waals surface area contributed by atoms with Crippen molar-refractivity contribution in [3.05, 3.63) is 98.3 Å². The molecule has 36 heavy (non-hydrogen) atoms. The molecule has 4 rings (SSSR count). The summed E-state index contributed by atoms with van der Waals surface area (Å²) in [6.45, 7) is 7.73. The molecule has 1 aliphatic rings. The fourth-order valence-electron chi connectivity index (χ4n) is 3.83. The zero-order valence-electron chi connectivity index (χ0n) is 19.5. The predicted molar refractivity (Wildman–Crippen MR) is 156 cm³/mol. The van der Waals surface area contributed by atoms with E-state index in [1.54, 1.807) is 42.7 Å². The van der Waals surface area contributed by atoms with Crippen LogP contribution >= 0.6 is 56.5 Å². The predicted octanol–water partition coefficient (Wildman–Crippen LogP) is 4.28. The third-order valence-corrected chi connectivity index (χ3v) is 8.05. The van der Waals surface area contributed by atoms with Crippen molar-refractivity contribution in [2.75, 3.05) is 13.2 Å².